The fourth-order valence-corrected chi connectivity index (χ4v) is 3.87. The summed E-state index contributed by atoms with van der Waals surface area (Å²) in [5.41, 5.74) is 3.67. The second-order valence-corrected chi connectivity index (χ2v) is 8.01. The van der Waals surface area contributed by atoms with Gasteiger partial charge in [0.2, 0.25) is 5.78 Å². The van der Waals surface area contributed by atoms with E-state index in [0.29, 0.717) is 10.4 Å². The monoisotopic (exact) mass is 412 g/mol. The molecule has 0 aliphatic carbocycles. The Morgan fingerprint density at radius 1 is 1.14 bits per heavy atom. The number of methoxy groups -OCH3 is 1. The van der Waals surface area contributed by atoms with Gasteiger partial charge in [-0.05, 0) is 51.0 Å². The number of thiazole rings is 1. The minimum atomic E-state index is -0.516. The summed E-state index contributed by atoms with van der Waals surface area (Å²) in [6.45, 7) is 6.19. The number of aromatic nitrogens is 2. The van der Waals surface area contributed by atoms with E-state index in [0.717, 1.165) is 35.1 Å². The van der Waals surface area contributed by atoms with E-state index in [1.54, 1.807) is 7.11 Å². The quantitative estimate of drug-likeness (QED) is 0.410. The number of hydrogen-bond donors (Lipinski definition) is 0. The smallest absolute Gasteiger partial charge is 0.350 e. The average molecular weight is 413 g/mol. The number of nitrogens with zero attached hydrogens (tertiary/aromatic N) is 2. The van der Waals surface area contributed by atoms with E-state index in [-0.39, 0.29) is 12.4 Å². The highest BCUT2D eigenvalue weighted by atomic mass is 32.1. The lowest BCUT2D eigenvalue weighted by atomic mass is 10.1. The molecule has 0 radical (unpaired) electrons. The maximum atomic E-state index is 12.6. The fraction of sp³-hybridized carbons (Fsp3) is 0.318. The Morgan fingerprint density at radius 3 is 2.48 bits per heavy atom. The van der Waals surface area contributed by atoms with Crippen LogP contribution >= 0.6 is 11.3 Å². The van der Waals surface area contributed by atoms with Gasteiger partial charge < -0.3 is 14.0 Å². The predicted octanol–water partition coefficient (Wildman–Crippen LogP) is 4.16. The van der Waals surface area contributed by atoms with Crippen LogP contribution in [0.4, 0.5) is 0 Å². The average Bonchev–Trinajstić information content (AvgIpc) is 3.28. The van der Waals surface area contributed by atoms with E-state index >= 15 is 0 Å². The fourth-order valence-electron chi connectivity index (χ4n) is 3.20. The molecule has 7 heteroatoms. The number of ketones is 1. The second kappa shape index (κ2) is 9.05. The molecular formula is C22H24N2O4S. The first-order valence-corrected chi connectivity index (χ1v) is 10.1. The molecule has 152 valence electrons. The molecule has 0 unspecified atom stereocenters. The minimum absolute atomic E-state index is 0.205. The van der Waals surface area contributed by atoms with Crippen molar-refractivity contribution in [3.8, 4) is 5.75 Å². The Labute approximate surface area is 174 Å². The molecule has 0 fully saturated rings. The molecule has 6 nitrogen and oxygen atoms in total. The Kier molecular flexibility index (Phi) is 6.49. The van der Waals surface area contributed by atoms with E-state index < -0.39 is 5.97 Å². The molecule has 0 saturated carbocycles. The zero-order valence-electron chi connectivity index (χ0n) is 17.0. The number of benzene rings is 1. The predicted molar refractivity (Wildman–Crippen MR) is 112 cm³/mol. The summed E-state index contributed by atoms with van der Waals surface area (Å²) >= 11 is 1.25. The van der Waals surface area contributed by atoms with Crippen LogP contribution < -0.4 is 4.74 Å². The molecule has 3 rings (SSSR count). The van der Waals surface area contributed by atoms with Crippen LogP contribution in [-0.2, 0) is 17.7 Å². The van der Waals surface area contributed by atoms with Gasteiger partial charge in [-0.15, -0.1) is 11.3 Å². The van der Waals surface area contributed by atoms with Crippen molar-refractivity contribution in [1.29, 1.82) is 0 Å². The standard InChI is InChI=1S/C22H24N2O4S/c1-14-11-19(20(25)13-28-22(26)21-12-23-16(3)29-21)15(2)24(14)10-9-17-5-7-18(27-4)8-6-17/h5-8,11-12H,9-10,13H2,1-4H3. The first-order valence-electron chi connectivity index (χ1n) is 9.31. The van der Waals surface area contributed by atoms with E-state index in [9.17, 15) is 9.59 Å². The van der Waals surface area contributed by atoms with Crippen molar-refractivity contribution in [3.05, 3.63) is 68.9 Å². The van der Waals surface area contributed by atoms with Crippen LogP contribution in [0.5, 0.6) is 5.75 Å². The highest BCUT2D eigenvalue weighted by Gasteiger charge is 2.18. The summed E-state index contributed by atoms with van der Waals surface area (Å²) in [5.74, 6) is 0.110. The Balaban J connectivity index is 1.62. The third kappa shape index (κ3) is 4.92. The number of hydrogen-bond acceptors (Lipinski definition) is 6. The molecular weight excluding hydrogens is 388 g/mol. The number of esters is 1. The number of ether oxygens (including phenoxy) is 2. The first-order chi connectivity index (χ1) is 13.9. The molecule has 0 aliphatic rings. The number of rotatable bonds is 8. The highest BCUT2D eigenvalue weighted by Crippen LogP contribution is 2.19. The molecule has 29 heavy (non-hydrogen) atoms. The Morgan fingerprint density at radius 2 is 1.86 bits per heavy atom. The molecule has 0 bridgehead atoms. The second-order valence-electron chi connectivity index (χ2n) is 6.78. The van der Waals surface area contributed by atoms with Gasteiger partial charge in [0.15, 0.2) is 6.61 Å². The van der Waals surface area contributed by atoms with Gasteiger partial charge in [0.25, 0.3) is 0 Å². The van der Waals surface area contributed by atoms with Gasteiger partial charge in [-0.25, -0.2) is 9.78 Å². The Bertz CT molecular complexity index is 1020. The summed E-state index contributed by atoms with van der Waals surface area (Å²) in [4.78, 5) is 29.1. The van der Waals surface area contributed by atoms with Crippen molar-refractivity contribution in [1.82, 2.24) is 9.55 Å². The lowest BCUT2D eigenvalue weighted by Crippen LogP contribution is -2.14. The van der Waals surface area contributed by atoms with Crippen molar-refractivity contribution < 1.29 is 19.1 Å². The van der Waals surface area contributed by atoms with Crippen LogP contribution in [0.25, 0.3) is 0 Å². The minimum Gasteiger partial charge on any atom is -0.497 e. The van der Waals surface area contributed by atoms with Crippen molar-refractivity contribution >= 4 is 23.1 Å². The third-order valence-corrected chi connectivity index (χ3v) is 5.71. The van der Waals surface area contributed by atoms with Crippen LogP contribution in [0, 0.1) is 20.8 Å². The maximum Gasteiger partial charge on any atom is 0.350 e. The molecule has 0 atom stereocenters. The van der Waals surface area contributed by atoms with E-state index in [2.05, 4.69) is 9.55 Å². The Hall–Kier alpha value is -2.93. The normalized spacial score (nSPS) is 10.8. The zero-order valence-corrected chi connectivity index (χ0v) is 17.8. The van der Waals surface area contributed by atoms with E-state index in [1.165, 1.54) is 23.1 Å². The lowest BCUT2D eigenvalue weighted by molar-refractivity contribution is 0.0479. The number of Topliss-reactive ketones (excluding diaryl/α,β-unsaturated/α-hetero) is 1. The summed E-state index contributed by atoms with van der Waals surface area (Å²) in [6.07, 6.45) is 2.31. The van der Waals surface area contributed by atoms with Crippen molar-refractivity contribution in [2.45, 2.75) is 33.7 Å². The molecule has 1 aromatic carbocycles. The van der Waals surface area contributed by atoms with Crippen LogP contribution in [0.1, 0.15) is 42.0 Å². The topological polar surface area (TPSA) is 70.4 Å². The van der Waals surface area contributed by atoms with Gasteiger partial charge >= 0.3 is 5.97 Å². The van der Waals surface area contributed by atoms with Crippen molar-refractivity contribution in [2.75, 3.05) is 13.7 Å². The molecule has 0 saturated heterocycles. The first kappa shape index (κ1) is 20.8. The van der Waals surface area contributed by atoms with E-state index in [1.807, 2.05) is 51.1 Å². The van der Waals surface area contributed by atoms with Crippen molar-refractivity contribution in [3.63, 3.8) is 0 Å². The molecule has 0 amide bonds. The molecule has 2 heterocycles. The van der Waals surface area contributed by atoms with Gasteiger partial charge in [0.05, 0.1) is 18.3 Å². The van der Waals surface area contributed by atoms with Gasteiger partial charge in [-0.3, -0.25) is 4.79 Å². The number of carbonyl (C=O) groups is 2. The number of carbonyl (C=O) groups excluding carboxylic acids is 2. The largest absolute Gasteiger partial charge is 0.497 e. The highest BCUT2D eigenvalue weighted by molar-refractivity contribution is 7.13. The van der Waals surface area contributed by atoms with E-state index in [4.69, 9.17) is 9.47 Å². The van der Waals surface area contributed by atoms with Gasteiger partial charge in [0.1, 0.15) is 10.6 Å². The van der Waals surface area contributed by atoms with Crippen molar-refractivity contribution in [2.24, 2.45) is 0 Å². The zero-order chi connectivity index (χ0) is 21.0. The molecule has 0 N–H and O–H groups in total. The van der Waals surface area contributed by atoms with Crippen LogP contribution in [0.3, 0.4) is 0 Å². The lowest BCUT2D eigenvalue weighted by Gasteiger charge is -2.10. The summed E-state index contributed by atoms with van der Waals surface area (Å²) in [5, 5.41) is 0.781. The summed E-state index contributed by atoms with van der Waals surface area (Å²) in [6, 6.07) is 9.83. The molecule has 3 aromatic rings. The maximum absolute atomic E-state index is 12.6. The molecule has 0 spiro atoms. The third-order valence-electron chi connectivity index (χ3n) is 4.81. The summed E-state index contributed by atoms with van der Waals surface area (Å²) < 4.78 is 12.5. The van der Waals surface area contributed by atoms with Gasteiger partial charge in [-0.1, -0.05) is 12.1 Å². The van der Waals surface area contributed by atoms with Gasteiger partial charge in [-0.2, -0.15) is 0 Å². The molecule has 2 aromatic heterocycles. The van der Waals surface area contributed by atoms with Crippen LogP contribution in [-0.4, -0.2) is 35.0 Å². The summed E-state index contributed by atoms with van der Waals surface area (Å²) in [7, 11) is 1.65. The SMILES string of the molecule is COc1ccc(CCn2c(C)cc(C(=O)COC(=O)c3cnc(C)s3)c2C)cc1. The van der Waals surface area contributed by atoms with Crippen LogP contribution in [0.15, 0.2) is 36.5 Å². The molecule has 0 aliphatic heterocycles. The number of aryl methyl sites for hydroxylation is 3. The van der Waals surface area contributed by atoms with Crippen LogP contribution in [0.2, 0.25) is 0 Å². The van der Waals surface area contributed by atoms with Gasteiger partial charge in [0, 0.05) is 23.5 Å².